The fraction of sp³-hybridized carbons (Fsp3) is 0.400. The minimum atomic E-state index is -1.11. The van der Waals surface area contributed by atoms with Crippen molar-refractivity contribution in [1.82, 2.24) is 9.97 Å². The van der Waals surface area contributed by atoms with Gasteiger partial charge >= 0.3 is 5.97 Å². The zero-order chi connectivity index (χ0) is 18.5. The summed E-state index contributed by atoms with van der Waals surface area (Å²) in [7, 11) is 0. The summed E-state index contributed by atoms with van der Waals surface area (Å²) < 4.78 is 5.11. The first-order valence-electron chi connectivity index (χ1n) is 8.82. The van der Waals surface area contributed by atoms with Crippen molar-refractivity contribution in [2.24, 2.45) is 5.92 Å². The molecule has 3 rings (SSSR count). The van der Waals surface area contributed by atoms with Gasteiger partial charge in [0.2, 0.25) is 0 Å². The van der Waals surface area contributed by atoms with Crippen molar-refractivity contribution in [3.8, 4) is 6.07 Å². The van der Waals surface area contributed by atoms with Gasteiger partial charge in [-0.15, -0.1) is 0 Å². The van der Waals surface area contributed by atoms with Crippen LogP contribution in [0.3, 0.4) is 0 Å². The van der Waals surface area contributed by atoms with E-state index in [1.165, 1.54) is 6.08 Å². The predicted molar refractivity (Wildman–Crippen MR) is 99.7 cm³/mol. The maximum atomic E-state index is 12.4. The number of rotatable bonds is 5. The fourth-order valence-corrected chi connectivity index (χ4v) is 3.26. The van der Waals surface area contributed by atoms with E-state index in [9.17, 15) is 10.1 Å². The number of aromatic nitrogens is 2. The van der Waals surface area contributed by atoms with Crippen molar-refractivity contribution in [2.75, 3.05) is 24.6 Å². The highest BCUT2D eigenvalue weighted by molar-refractivity contribution is 5.85. The van der Waals surface area contributed by atoms with Gasteiger partial charge in [0, 0.05) is 13.1 Å². The molecule has 1 fully saturated rings. The van der Waals surface area contributed by atoms with Crippen molar-refractivity contribution >= 4 is 22.8 Å². The van der Waals surface area contributed by atoms with Crippen LogP contribution in [0.1, 0.15) is 31.4 Å². The lowest BCUT2D eigenvalue weighted by molar-refractivity contribution is -0.142. The van der Waals surface area contributed by atoms with E-state index in [1.807, 2.05) is 30.3 Å². The van der Waals surface area contributed by atoms with Crippen LogP contribution in [0, 0.1) is 17.2 Å². The number of benzene rings is 1. The molecule has 0 radical (unpaired) electrons. The molecule has 2 heterocycles. The minimum absolute atomic E-state index is 0.0636. The van der Waals surface area contributed by atoms with Crippen molar-refractivity contribution in [1.29, 1.82) is 5.26 Å². The molecule has 0 bridgehead atoms. The molecule has 0 spiro atoms. The average molecular weight is 350 g/mol. The van der Waals surface area contributed by atoms with Gasteiger partial charge in [-0.25, -0.2) is 9.97 Å². The summed E-state index contributed by atoms with van der Waals surface area (Å²) in [5, 5.41) is 9.63. The van der Waals surface area contributed by atoms with Crippen LogP contribution in [0.25, 0.3) is 11.0 Å². The SMILES string of the molecule is C=CCOC(=O)[C@H](C#N)c1nc2ccccc2nc1N1CCC[C@@H](C)C1. The largest absolute Gasteiger partial charge is 0.460 e. The topological polar surface area (TPSA) is 79.1 Å². The number of fused-ring (bicyclic) bond motifs is 1. The monoisotopic (exact) mass is 350 g/mol. The molecule has 6 heteroatoms. The quantitative estimate of drug-likeness (QED) is 0.608. The highest BCUT2D eigenvalue weighted by Crippen LogP contribution is 2.30. The minimum Gasteiger partial charge on any atom is -0.460 e. The van der Waals surface area contributed by atoms with E-state index in [2.05, 4.69) is 23.4 Å². The summed E-state index contributed by atoms with van der Waals surface area (Å²) in [6.07, 6.45) is 3.69. The molecule has 0 aliphatic carbocycles. The number of esters is 1. The molecule has 0 amide bonds. The van der Waals surface area contributed by atoms with Crippen LogP contribution in [-0.4, -0.2) is 35.6 Å². The maximum Gasteiger partial charge on any atom is 0.330 e. The van der Waals surface area contributed by atoms with Crippen molar-refractivity contribution in [3.63, 3.8) is 0 Å². The van der Waals surface area contributed by atoms with Crippen LogP contribution in [0.5, 0.6) is 0 Å². The third-order valence-corrected chi connectivity index (χ3v) is 4.52. The molecule has 2 aromatic rings. The molecule has 1 aliphatic heterocycles. The van der Waals surface area contributed by atoms with Crippen LogP contribution < -0.4 is 4.90 Å². The summed E-state index contributed by atoms with van der Waals surface area (Å²) in [5.41, 5.74) is 1.78. The molecule has 2 atom stereocenters. The number of ether oxygens (including phenoxy) is 1. The van der Waals surface area contributed by atoms with E-state index in [1.54, 1.807) is 0 Å². The van der Waals surface area contributed by atoms with Gasteiger partial charge in [0.25, 0.3) is 0 Å². The van der Waals surface area contributed by atoms with Gasteiger partial charge in [-0.05, 0) is 30.9 Å². The number of carbonyl (C=O) groups excluding carboxylic acids is 1. The Morgan fingerprint density at radius 2 is 2.19 bits per heavy atom. The summed E-state index contributed by atoms with van der Waals surface area (Å²) in [6, 6.07) is 9.53. The van der Waals surface area contributed by atoms with E-state index in [0.717, 1.165) is 31.4 Å². The predicted octanol–water partition coefficient (Wildman–Crippen LogP) is 3.20. The molecule has 1 aromatic carbocycles. The Morgan fingerprint density at radius 1 is 1.46 bits per heavy atom. The Kier molecular flexibility index (Phi) is 5.47. The van der Waals surface area contributed by atoms with Crippen molar-refractivity contribution in [2.45, 2.75) is 25.7 Å². The first-order valence-corrected chi connectivity index (χ1v) is 8.82. The Morgan fingerprint density at radius 3 is 2.85 bits per heavy atom. The van der Waals surface area contributed by atoms with Gasteiger partial charge in [0.15, 0.2) is 11.7 Å². The number of anilines is 1. The Balaban J connectivity index is 2.08. The van der Waals surface area contributed by atoms with Crippen molar-refractivity contribution in [3.05, 3.63) is 42.6 Å². The van der Waals surface area contributed by atoms with E-state index >= 15 is 0 Å². The molecule has 1 aromatic heterocycles. The first kappa shape index (κ1) is 17.9. The Hall–Kier alpha value is -2.94. The second-order valence-corrected chi connectivity index (χ2v) is 6.60. The third-order valence-electron chi connectivity index (χ3n) is 4.52. The summed E-state index contributed by atoms with van der Waals surface area (Å²) in [4.78, 5) is 23.9. The van der Waals surface area contributed by atoms with Gasteiger partial charge < -0.3 is 9.64 Å². The molecule has 6 nitrogen and oxygen atoms in total. The molecule has 0 N–H and O–H groups in total. The highest BCUT2D eigenvalue weighted by atomic mass is 16.5. The Labute approximate surface area is 153 Å². The third kappa shape index (κ3) is 3.67. The van der Waals surface area contributed by atoms with Crippen LogP contribution in [0.15, 0.2) is 36.9 Å². The maximum absolute atomic E-state index is 12.4. The normalized spacial score (nSPS) is 18.2. The van der Waals surface area contributed by atoms with E-state index < -0.39 is 11.9 Å². The molecular formula is C20H22N4O2. The fourth-order valence-electron chi connectivity index (χ4n) is 3.26. The standard InChI is InChI=1S/C20H22N4O2/c1-3-11-26-20(25)15(12-21)18-19(24-10-6-7-14(2)13-24)23-17-9-5-4-8-16(17)22-18/h3-5,8-9,14-15H,1,6-7,10-11,13H2,2H3/t14-,15-/m1/s1. The highest BCUT2D eigenvalue weighted by Gasteiger charge is 2.31. The molecule has 0 saturated carbocycles. The van der Waals surface area contributed by atoms with Gasteiger partial charge in [-0.1, -0.05) is 31.7 Å². The first-order chi connectivity index (χ1) is 12.6. The molecule has 134 valence electrons. The molecular weight excluding hydrogens is 328 g/mol. The molecule has 26 heavy (non-hydrogen) atoms. The zero-order valence-electron chi connectivity index (χ0n) is 14.9. The van der Waals surface area contributed by atoms with Crippen LogP contribution in [0.4, 0.5) is 5.82 Å². The average Bonchev–Trinajstić information content (AvgIpc) is 2.66. The second kappa shape index (κ2) is 7.96. The van der Waals surface area contributed by atoms with Crippen LogP contribution in [0.2, 0.25) is 0 Å². The van der Waals surface area contributed by atoms with Gasteiger partial charge in [0.1, 0.15) is 12.3 Å². The lowest BCUT2D eigenvalue weighted by Gasteiger charge is -2.33. The lowest BCUT2D eigenvalue weighted by Crippen LogP contribution is -2.36. The number of nitriles is 1. The number of piperidine rings is 1. The number of hydrogen-bond donors (Lipinski definition) is 0. The lowest BCUT2D eigenvalue weighted by atomic mass is 9.99. The number of carbonyl (C=O) groups is 1. The summed E-state index contributed by atoms with van der Waals surface area (Å²) in [6.45, 7) is 7.46. The zero-order valence-corrected chi connectivity index (χ0v) is 14.9. The van der Waals surface area contributed by atoms with E-state index in [-0.39, 0.29) is 6.61 Å². The molecule has 1 aliphatic rings. The van der Waals surface area contributed by atoms with E-state index in [4.69, 9.17) is 9.72 Å². The Bertz CT molecular complexity index is 859. The number of hydrogen-bond acceptors (Lipinski definition) is 6. The number of para-hydroxylation sites is 2. The van der Waals surface area contributed by atoms with Crippen molar-refractivity contribution < 1.29 is 9.53 Å². The van der Waals surface area contributed by atoms with Gasteiger partial charge in [0.05, 0.1) is 17.1 Å². The molecule has 0 unspecified atom stereocenters. The molecule has 1 saturated heterocycles. The van der Waals surface area contributed by atoms with Gasteiger partial charge in [-0.2, -0.15) is 5.26 Å². The second-order valence-electron chi connectivity index (χ2n) is 6.60. The van der Waals surface area contributed by atoms with Gasteiger partial charge in [-0.3, -0.25) is 4.79 Å². The number of nitrogens with zero attached hydrogens (tertiary/aromatic N) is 4. The summed E-state index contributed by atoms with van der Waals surface area (Å²) in [5.74, 6) is -0.599. The van der Waals surface area contributed by atoms with Crippen LogP contribution in [-0.2, 0) is 9.53 Å². The van der Waals surface area contributed by atoms with Crippen LogP contribution >= 0.6 is 0 Å². The smallest absolute Gasteiger partial charge is 0.330 e. The van der Waals surface area contributed by atoms with E-state index in [0.29, 0.717) is 22.9 Å². The summed E-state index contributed by atoms with van der Waals surface area (Å²) >= 11 is 0.